The lowest BCUT2D eigenvalue weighted by molar-refractivity contribution is 1.16. The minimum atomic E-state index is 0.670. The molecular weight excluding hydrogens is 705 g/mol. The van der Waals surface area contributed by atoms with Crippen LogP contribution in [0.25, 0.3) is 89.4 Å². The maximum atomic E-state index is 5.25. The van der Waals surface area contributed by atoms with Crippen LogP contribution in [-0.4, -0.2) is 14.5 Å². The Morgan fingerprint density at radius 3 is 1.66 bits per heavy atom. The number of anilines is 2. The molecule has 0 spiro atoms. The van der Waals surface area contributed by atoms with E-state index in [9.17, 15) is 0 Å². The van der Waals surface area contributed by atoms with Crippen molar-refractivity contribution in [3.8, 4) is 50.7 Å². The normalized spacial score (nSPS) is 11.0. The summed E-state index contributed by atoms with van der Waals surface area (Å²) in [5, 5.41) is 8.30. The van der Waals surface area contributed by atoms with E-state index in [1.54, 1.807) is 0 Å². The van der Waals surface area contributed by atoms with E-state index in [4.69, 9.17) is 9.97 Å². The molecule has 8 aromatic carbocycles. The van der Waals surface area contributed by atoms with Gasteiger partial charge in [0.05, 0.1) is 22.4 Å². The van der Waals surface area contributed by atoms with Gasteiger partial charge in [0.1, 0.15) is 0 Å². The minimum Gasteiger partial charge on any atom is -0.355 e. The Kier molecular flexibility index (Phi) is 9.89. The molecule has 2 aromatic heterocycles. The highest BCUT2D eigenvalue weighted by Crippen LogP contribution is 2.39. The van der Waals surface area contributed by atoms with Crippen LogP contribution in [0.1, 0.15) is 19.4 Å². The molecule has 278 valence electrons. The average Bonchev–Trinajstić information content (AvgIpc) is 3.62. The first-order chi connectivity index (χ1) is 28.7. The maximum Gasteiger partial charge on any atom is 0.160 e. The third kappa shape index (κ3) is 6.93. The Hall–Kier alpha value is -7.56. The highest BCUT2D eigenvalue weighted by atomic mass is 15.0. The molecule has 4 heteroatoms. The van der Waals surface area contributed by atoms with E-state index in [1.807, 2.05) is 50.3 Å². The van der Waals surface area contributed by atoms with E-state index >= 15 is 0 Å². The predicted octanol–water partition coefficient (Wildman–Crippen LogP) is 14.8. The van der Waals surface area contributed by atoms with Crippen molar-refractivity contribution in [2.75, 3.05) is 5.32 Å². The van der Waals surface area contributed by atoms with E-state index in [0.717, 1.165) is 83.6 Å². The summed E-state index contributed by atoms with van der Waals surface area (Å²) in [6, 6.07) is 68.2. The van der Waals surface area contributed by atoms with Gasteiger partial charge in [-0.3, -0.25) is 0 Å². The highest BCUT2D eigenvalue weighted by molar-refractivity contribution is 6.14. The number of hydrogen-bond donors (Lipinski definition) is 1. The molecule has 10 aromatic rings. The fourth-order valence-corrected chi connectivity index (χ4v) is 7.77. The molecule has 0 aliphatic rings. The van der Waals surface area contributed by atoms with Crippen LogP contribution in [0.4, 0.5) is 11.4 Å². The Labute approximate surface area is 339 Å². The van der Waals surface area contributed by atoms with Crippen LogP contribution in [-0.2, 0) is 0 Å². The van der Waals surface area contributed by atoms with Crippen molar-refractivity contribution in [1.82, 2.24) is 14.5 Å². The number of para-hydroxylation sites is 2. The largest absolute Gasteiger partial charge is 0.355 e. The molecule has 0 radical (unpaired) electrons. The summed E-state index contributed by atoms with van der Waals surface area (Å²) in [6.45, 7) is 8.15. The van der Waals surface area contributed by atoms with Gasteiger partial charge < -0.3 is 9.88 Å². The molecule has 0 atom stereocenters. The summed E-state index contributed by atoms with van der Waals surface area (Å²) in [4.78, 5) is 10.5. The van der Waals surface area contributed by atoms with Crippen molar-refractivity contribution in [2.24, 2.45) is 0 Å². The molecule has 10 rings (SSSR count). The fraction of sp³-hybridized carbons (Fsp3) is 0.0370. The lowest BCUT2D eigenvalue weighted by Gasteiger charge is -2.15. The van der Waals surface area contributed by atoms with Gasteiger partial charge in [-0.15, -0.1) is 0 Å². The van der Waals surface area contributed by atoms with E-state index in [2.05, 4.69) is 180 Å². The van der Waals surface area contributed by atoms with Gasteiger partial charge in [-0.1, -0.05) is 154 Å². The lowest BCUT2D eigenvalue weighted by Crippen LogP contribution is -1.99. The first-order valence-electron chi connectivity index (χ1n) is 19.9. The topological polar surface area (TPSA) is 42.7 Å². The Bertz CT molecular complexity index is 2980. The van der Waals surface area contributed by atoms with Gasteiger partial charge in [-0.25, -0.2) is 9.97 Å². The van der Waals surface area contributed by atoms with Crippen LogP contribution < -0.4 is 5.32 Å². The van der Waals surface area contributed by atoms with E-state index < -0.39 is 0 Å². The van der Waals surface area contributed by atoms with Crippen molar-refractivity contribution in [2.45, 2.75) is 13.8 Å². The Morgan fingerprint density at radius 2 is 1.02 bits per heavy atom. The van der Waals surface area contributed by atoms with Crippen molar-refractivity contribution in [3.05, 3.63) is 206 Å². The van der Waals surface area contributed by atoms with Crippen LogP contribution in [0.2, 0.25) is 0 Å². The zero-order valence-corrected chi connectivity index (χ0v) is 32.6. The van der Waals surface area contributed by atoms with Crippen LogP contribution >= 0.6 is 0 Å². The van der Waals surface area contributed by atoms with Crippen molar-refractivity contribution < 1.29 is 0 Å². The number of rotatable bonds is 8. The van der Waals surface area contributed by atoms with E-state index in [0.29, 0.717) is 5.82 Å². The number of nitrogens with zero attached hydrogens (tertiary/aromatic N) is 3. The van der Waals surface area contributed by atoms with Crippen LogP contribution in [0.3, 0.4) is 0 Å². The van der Waals surface area contributed by atoms with Gasteiger partial charge in [-0.2, -0.15) is 0 Å². The molecule has 4 nitrogen and oxygen atoms in total. The lowest BCUT2D eigenvalue weighted by atomic mass is 10.0. The summed E-state index contributed by atoms with van der Waals surface area (Å²) in [6.07, 6.45) is 1.92. The van der Waals surface area contributed by atoms with Crippen LogP contribution in [0.5, 0.6) is 0 Å². The molecule has 0 saturated carbocycles. The second-order valence-electron chi connectivity index (χ2n) is 14.0. The number of benzene rings is 8. The fourth-order valence-electron chi connectivity index (χ4n) is 7.77. The Morgan fingerprint density at radius 1 is 0.466 bits per heavy atom. The summed E-state index contributed by atoms with van der Waals surface area (Å²) in [7, 11) is 0. The van der Waals surface area contributed by atoms with Crippen LogP contribution in [0.15, 0.2) is 201 Å². The predicted molar refractivity (Wildman–Crippen MR) is 247 cm³/mol. The first-order valence-corrected chi connectivity index (χ1v) is 19.9. The average molecular weight is 747 g/mol. The number of fused-ring (bicyclic) bond motifs is 4. The number of nitrogens with one attached hydrogen (secondary N) is 1. The van der Waals surface area contributed by atoms with E-state index in [-0.39, 0.29) is 0 Å². The van der Waals surface area contributed by atoms with Gasteiger partial charge >= 0.3 is 0 Å². The standard InChI is InChI=1S/C52H36N4.C2H6/c1-2-35-27-40-31-46-45-25-15-16-26-50(45)56(51(46)33-41(40)32-47(35)53-43-23-13-6-14-24-43)44-29-39(36-17-7-3-8-18-36)28-42(30-44)52-54-48(37-19-9-4-10-20-37)34-49(55-52)38-21-11-5-12-22-38;1-2/h2-34,53H,1H2;1-2H3. The maximum absolute atomic E-state index is 5.25. The smallest absolute Gasteiger partial charge is 0.160 e. The molecule has 0 amide bonds. The molecule has 0 fully saturated rings. The van der Waals surface area contributed by atoms with Gasteiger partial charge in [-0.05, 0) is 94.2 Å². The molecule has 2 heterocycles. The van der Waals surface area contributed by atoms with Gasteiger partial charge in [0.2, 0.25) is 0 Å². The third-order valence-electron chi connectivity index (χ3n) is 10.5. The SMILES string of the molecule is C=Cc1cc2cc3c4ccccc4n(-c4cc(-c5ccccc5)cc(-c5nc(-c6ccccc6)cc(-c6ccccc6)n5)c4)c3cc2cc1Nc1ccccc1.CC. The zero-order chi connectivity index (χ0) is 39.4. The molecule has 0 unspecified atom stereocenters. The molecule has 0 bridgehead atoms. The molecule has 0 saturated heterocycles. The summed E-state index contributed by atoms with van der Waals surface area (Å²) in [5.41, 5.74) is 13.4. The van der Waals surface area contributed by atoms with Gasteiger partial charge in [0.15, 0.2) is 5.82 Å². The number of aromatic nitrogens is 3. The molecule has 0 aliphatic heterocycles. The molecule has 0 aliphatic carbocycles. The quantitative estimate of drug-likeness (QED) is 0.168. The minimum absolute atomic E-state index is 0.670. The molecular formula is C54H42N4. The molecule has 1 N–H and O–H groups in total. The second-order valence-corrected chi connectivity index (χ2v) is 14.0. The number of hydrogen-bond acceptors (Lipinski definition) is 3. The summed E-state index contributed by atoms with van der Waals surface area (Å²) >= 11 is 0. The molecule has 58 heavy (non-hydrogen) atoms. The highest BCUT2D eigenvalue weighted by Gasteiger charge is 2.18. The van der Waals surface area contributed by atoms with Crippen molar-refractivity contribution >= 4 is 50.0 Å². The second kappa shape index (κ2) is 15.9. The van der Waals surface area contributed by atoms with Crippen molar-refractivity contribution in [3.63, 3.8) is 0 Å². The summed E-state index contributed by atoms with van der Waals surface area (Å²) < 4.78 is 2.39. The third-order valence-corrected chi connectivity index (χ3v) is 10.5. The first kappa shape index (κ1) is 36.1. The zero-order valence-electron chi connectivity index (χ0n) is 32.6. The van der Waals surface area contributed by atoms with Crippen LogP contribution in [0, 0.1) is 0 Å². The van der Waals surface area contributed by atoms with Crippen molar-refractivity contribution in [1.29, 1.82) is 0 Å². The monoisotopic (exact) mass is 746 g/mol. The van der Waals surface area contributed by atoms with Gasteiger partial charge in [0, 0.05) is 44.5 Å². The van der Waals surface area contributed by atoms with E-state index in [1.165, 1.54) is 10.8 Å². The van der Waals surface area contributed by atoms with Gasteiger partial charge in [0.25, 0.3) is 0 Å². The Balaban J connectivity index is 0.00000215. The summed E-state index contributed by atoms with van der Waals surface area (Å²) in [5.74, 6) is 0.670.